The summed E-state index contributed by atoms with van der Waals surface area (Å²) in [7, 11) is 5.45. The van der Waals surface area contributed by atoms with Crippen LogP contribution in [-0.4, -0.2) is 60.6 Å². The van der Waals surface area contributed by atoms with Crippen molar-refractivity contribution in [3.8, 4) is 17.0 Å². The number of methoxy groups -OCH3 is 1. The minimum absolute atomic E-state index is 0.0224. The van der Waals surface area contributed by atoms with Gasteiger partial charge in [0.2, 0.25) is 0 Å². The van der Waals surface area contributed by atoms with Crippen LogP contribution < -0.4 is 4.74 Å². The smallest absolute Gasteiger partial charge is 0.335 e. The van der Waals surface area contributed by atoms with Gasteiger partial charge in [-0.2, -0.15) is 0 Å². The summed E-state index contributed by atoms with van der Waals surface area (Å²) in [6, 6.07) is 11.5. The maximum absolute atomic E-state index is 13.7. The molecule has 0 spiro atoms. The fourth-order valence-corrected chi connectivity index (χ4v) is 6.08. The van der Waals surface area contributed by atoms with Crippen molar-refractivity contribution in [2.24, 2.45) is 0 Å². The van der Waals surface area contributed by atoms with E-state index in [1.807, 2.05) is 56.4 Å². The van der Waals surface area contributed by atoms with Crippen molar-refractivity contribution < 1.29 is 29.0 Å². The van der Waals surface area contributed by atoms with Crippen molar-refractivity contribution in [3.05, 3.63) is 70.4 Å². The van der Waals surface area contributed by atoms with Gasteiger partial charge in [-0.25, -0.2) is 4.79 Å². The number of carboxylic acid groups (broad SMARTS) is 1. The number of allylic oxidation sites excluding steroid dienone is 2. The SMILES string of the molecule is CCOC=O.COc1ccc2c(c1)C=C(C(=O)/C(C)=C\N(C)C)Cn1c-2c(C2CCCCC2)c2ccc(C(=O)O)cc21. The van der Waals surface area contributed by atoms with Crippen LogP contribution in [0.15, 0.2) is 53.7 Å². The normalized spacial score (nSPS) is 14.9. The molecule has 0 amide bonds. The molecule has 1 aromatic heterocycles. The molecule has 8 heteroatoms. The predicted molar refractivity (Wildman–Crippen MR) is 165 cm³/mol. The van der Waals surface area contributed by atoms with Gasteiger partial charge in [-0.15, -0.1) is 0 Å². The van der Waals surface area contributed by atoms with Gasteiger partial charge in [0.25, 0.3) is 6.47 Å². The number of carboxylic acids is 1. The monoisotopic (exact) mass is 572 g/mol. The number of aromatic nitrogens is 1. The Morgan fingerprint density at radius 2 is 1.83 bits per heavy atom. The molecule has 2 heterocycles. The molecule has 0 radical (unpaired) electrons. The molecule has 0 bridgehead atoms. The first-order valence-electron chi connectivity index (χ1n) is 14.4. The molecule has 42 heavy (non-hydrogen) atoms. The van der Waals surface area contributed by atoms with Crippen molar-refractivity contribution in [2.75, 3.05) is 27.8 Å². The summed E-state index contributed by atoms with van der Waals surface area (Å²) in [5.74, 6) is 0.155. The first-order chi connectivity index (χ1) is 20.2. The van der Waals surface area contributed by atoms with E-state index >= 15 is 0 Å². The maximum atomic E-state index is 13.7. The number of benzene rings is 2. The molecule has 1 N–H and O–H groups in total. The standard InChI is InChI=1S/C31H34N2O4.C3H6O2/c1-19(17-32(2)3)30(34)23-14-22-15-24(37-4)11-13-25(22)29-28(20-8-6-5-7-9-20)26-12-10-21(31(35)36)16-27(26)33(29)18-23;1-2-5-3-4/h10-17,20H,5-9,18H2,1-4H3,(H,35,36);3H,2H2,1H3/b19-17-;. The zero-order valence-corrected chi connectivity index (χ0v) is 25.1. The fraction of sp³-hybridized carbons (Fsp3) is 0.382. The van der Waals surface area contributed by atoms with Gasteiger partial charge in [0.15, 0.2) is 5.78 Å². The Kier molecular flexibility index (Phi) is 9.88. The van der Waals surface area contributed by atoms with Crippen molar-refractivity contribution in [2.45, 2.75) is 58.4 Å². The number of rotatable bonds is 8. The van der Waals surface area contributed by atoms with Crippen LogP contribution >= 0.6 is 0 Å². The first-order valence-corrected chi connectivity index (χ1v) is 14.4. The van der Waals surface area contributed by atoms with Gasteiger partial charge < -0.3 is 24.0 Å². The van der Waals surface area contributed by atoms with Gasteiger partial charge in [-0.3, -0.25) is 9.59 Å². The van der Waals surface area contributed by atoms with Crippen LogP contribution in [0.2, 0.25) is 0 Å². The molecule has 2 aromatic carbocycles. The number of hydrogen-bond donors (Lipinski definition) is 1. The van der Waals surface area contributed by atoms with E-state index in [1.54, 1.807) is 26.2 Å². The van der Waals surface area contributed by atoms with E-state index in [0.29, 0.717) is 36.7 Å². The maximum Gasteiger partial charge on any atom is 0.335 e. The van der Waals surface area contributed by atoms with E-state index in [4.69, 9.17) is 4.74 Å². The lowest BCUT2D eigenvalue weighted by molar-refractivity contribution is -0.128. The summed E-state index contributed by atoms with van der Waals surface area (Å²) in [6.07, 6.45) is 9.68. The molecule has 0 unspecified atom stereocenters. The highest BCUT2D eigenvalue weighted by Gasteiger charge is 2.30. The van der Waals surface area contributed by atoms with Crippen LogP contribution in [0.5, 0.6) is 5.75 Å². The molecular formula is C34H40N2O6. The molecule has 1 aliphatic heterocycles. The summed E-state index contributed by atoms with van der Waals surface area (Å²) in [6.45, 7) is 4.87. The number of hydrogen-bond acceptors (Lipinski definition) is 6. The molecule has 2 aliphatic rings. The largest absolute Gasteiger partial charge is 0.497 e. The third-order valence-corrected chi connectivity index (χ3v) is 7.87. The van der Waals surface area contributed by atoms with Gasteiger partial charge in [0, 0.05) is 47.9 Å². The third-order valence-electron chi connectivity index (χ3n) is 7.87. The molecule has 8 nitrogen and oxygen atoms in total. The summed E-state index contributed by atoms with van der Waals surface area (Å²) in [4.78, 5) is 36.7. The summed E-state index contributed by atoms with van der Waals surface area (Å²) < 4.78 is 11.9. The topological polar surface area (TPSA) is 98.1 Å². The van der Waals surface area contributed by atoms with Crippen molar-refractivity contribution in [1.29, 1.82) is 0 Å². The van der Waals surface area contributed by atoms with Crippen LogP contribution in [0.4, 0.5) is 0 Å². The van der Waals surface area contributed by atoms with E-state index in [-0.39, 0.29) is 11.3 Å². The van der Waals surface area contributed by atoms with Crippen LogP contribution in [0, 0.1) is 0 Å². The highest BCUT2D eigenvalue weighted by Crippen LogP contribution is 2.47. The van der Waals surface area contributed by atoms with E-state index in [9.17, 15) is 19.5 Å². The zero-order valence-electron chi connectivity index (χ0n) is 25.1. The summed E-state index contributed by atoms with van der Waals surface area (Å²) >= 11 is 0. The number of ketones is 1. The Morgan fingerprint density at radius 1 is 1.10 bits per heavy atom. The molecule has 1 aliphatic carbocycles. The van der Waals surface area contributed by atoms with Crippen LogP contribution in [0.3, 0.4) is 0 Å². The van der Waals surface area contributed by atoms with Crippen molar-refractivity contribution in [1.82, 2.24) is 9.47 Å². The molecule has 5 rings (SSSR count). The molecule has 1 saturated carbocycles. The highest BCUT2D eigenvalue weighted by atomic mass is 16.5. The first kappa shape index (κ1) is 30.6. The zero-order chi connectivity index (χ0) is 30.4. The second kappa shape index (κ2) is 13.6. The average Bonchev–Trinajstić information content (AvgIpc) is 3.19. The number of fused-ring (bicyclic) bond motifs is 5. The van der Waals surface area contributed by atoms with Gasteiger partial charge in [0.1, 0.15) is 5.75 Å². The Hall–Kier alpha value is -4.33. The number of Topliss-reactive ketones (excluding diaryl/α,β-unsaturated/α-hetero) is 1. The van der Waals surface area contributed by atoms with Gasteiger partial charge in [-0.1, -0.05) is 25.3 Å². The molecular weight excluding hydrogens is 532 g/mol. The Balaban J connectivity index is 0.000000748. The Bertz CT molecular complexity index is 1540. The number of carbonyl (C=O) groups excluding carboxylic acids is 2. The fourth-order valence-electron chi connectivity index (χ4n) is 6.08. The molecule has 3 aromatic rings. The third kappa shape index (κ3) is 6.43. The second-order valence-corrected chi connectivity index (χ2v) is 11.0. The van der Waals surface area contributed by atoms with Gasteiger partial charge in [0.05, 0.1) is 31.5 Å². The lowest BCUT2D eigenvalue weighted by Gasteiger charge is -2.24. The minimum Gasteiger partial charge on any atom is -0.497 e. The number of ether oxygens (including phenoxy) is 2. The van der Waals surface area contributed by atoms with Crippen molar-refractivity contribution in [3.63, 3.8) is 0 Å². The predicted octanol–water partition coefficient (Wildman–Crippen LogP) is 6.67. The van der Waals surface area contributed by atoms with Crippen LogP contribution in [0.25, 0.3) is 28.2 Å². The number of aromatic carboxylic acids is 1. The lowest BCUT2D eigenvalue weighted by Crippen LogP contribution is -2.13. The van der Waals surface area contributed by atoms with Crippen LogP contribution in [0.1, 0.15) is 73.4 Å². The molecule has 0 saturated heterocycles. The van der Waals surface area contributed by atoms with E-state index in [0.717, 1.165) is 46.3 Å². The lowest BCUT2D eigenvalue weighted by atomic mass is 9.81. The second-order valence-electron chi connectivity index (χ2n) is 11.0. The minimum atomic E-state index is -0.952. The Morgan fingerprint density at radius 3 is 2.43 bits per heavy atom. The number of nitrogens with zero attached hydrogens (tertiary/aromatic N) is 2. The molecule has 1 fully saturated rings. The molecule has 222 valence electrons. The van der Waals surface area contributed by atoms with Gasteiger partial charge in [-0.05, 0) is 80.1 Å². The summed E-state index contributed by atoms with van der Waals surface area (Å²) in [5.41, 5.74) is 6.80. The van der Waals surface area contributed by atoms with Crippen LogP contribution in [-0.2, 0) is 20.9 Å². The van der Waals surface area contributed by atoms with E-state index < -0.39 is 5.97 Å². The average molecular weight is 573 g/mol. The summed E-state index contributed by atoms with van der Waals surface area (Å²) in [5, 5.41) is 10.9. The van der Waals surface area contributed by atoms with E-state index in [1.165, 1.54) is 24.8 Å². The quantitative estimate of drug-likeness (QED) is 0.238. The Labute approximate surface area is 247 Å². The number of carbonyl (C=O) groups is 3. The van der Waals surface area contributed by atoms with Crippen molar-refractivity contribution >= 4 is 35.2 Å². The van der Waals surface area contributed by atoms with Gasteiger partial charge >= 0.3 is 5.97 Å². The van der Waals surface area contributed by atoms with E-state index in [2.05, 4.69) is 15.4 Å². The molecule has 0 atom stereocenters. The highest BCUT2D eigenvalue weighted by molar-refractivity contribution is 6.12.